The minimum Gasteiger partial charge on any atom is -0.324 e. The highest BCUT2D eigenvalue weighted by atomic mass is 35.5. The molecule has 0 aromatic heterocycles. The van der Waals surface area contributed by atoms with E-state index in [1.165, 1.54) is 0 Å². The van der Waals surface area contributed by atoms with Gasteiger partial charge >= 0.3 is 0 Å². The number of hydrogen-bond donors (Lipinski definition) is 2. The van der Waals surface area contributed by atoms with Crippen LogP contribution in [0, 0.1) is 5.92 Å². The Balaban J connectivity index is -0.000000405. The number of hydrogen-bond acceptors (Lipinski definition) is 2. The van der Waals surface area contributed by atoms with E-state index in [0.29, 0.717) is 5.92 Å². The highest BCUT2D eigenvalue weighted by molar-refractivity contribution is 5.85. The molecule has 4 N–H and O–H groups in total. The summed E-state index contributed by atoms with van der Waals surface area (Å²) in [5.41, 5.74) is 11.3. The van der Waals surface area contributed by atoms with Crippen molar-refractivity contribution in [3.63, 3.8) is 0 Å². The summed E-state index contributed by atoms with van der Waals surface area (Å²) in [7, 11) is 0. The van der Waals surface area contributed by atoms with Gasteiger partial charge in [0.2, 0.25) is 0 Å². The molecule has 0 aliphatic carbocycles. The topological polar surface area (TPSA) is 52.0 Å². The van der Waals surface area contributed by atoms with Gasteiger partial charge in [-0.1, -0.05) is 13.8 Å². The molecule has 1 atom stereocenters. The molecule has 4 heteroatoms. The van der Waals surface area contributed by atoms with Crippen LogP contribution in [0.4, 0.5) is 0 Å². The Morgan fingerprint density at radius 2 is 1.17 bits per heavy atom. The van der Waals surface area contributed by atoms with Crippen LogP contribution in [0.1, 0.15) is 34.6 Å². The minimum atomic E-state index is -0.304. The van der Waals surface area contributed by atoms with Gasteiger partial charge in [0.05, 0.1) is 0 Å². The first-order chi connectivity index (χ1) is 4.19. The Morgan fingerprint density at radius 1 is 0.917 bits per heavy atom. The maximum atomic E-state index is 6.01. The molecule has 0 bridgehead atoms. The fourth-order valence-corrected chi connectivity index (χ4v) is 0.744. The molecule has 0 amide bonds. The molecule has 2 nitrogen and oxygen atoms in total. The van der Waals surface area contributed by atoms with E-state index in [0.717, 1.165) is 0 Å². The van der Waals surface area contributed by atoms with E-state index in [-0.39, 0.29) is 35.9 Å². The monoisotopic (exact) mass is 216 g/mol. The van der Waals surface area contributed by atoms with Crippen LogP contribution >= 0.6 is 24.8 Å². The second-order valence-electron chi connectivity index (χ2n) is 4.16. The summed E-state index contributed by atoms with van der Waals surface area (Å²) in [5.74, 6) is 0.410. The number of nitrogens with two attached hydrogens (primary N) is 2. The average Bonchev–Trinajstić information content (AvgIpc) is 1.62. The van der Waals surface area contributed by atoms with Crippen LogP contribution < -0.4 is 11.5 Å². The Hall–Kier alpha value is 0.500. The van der Waals surface area contributed by atoms with Gasteiger partial charge in [-0.05, 0) is 26.7 Å². The molecule has 0 aromatic carbocycles. The Labute approximate surface area is 88.3 Å². The first kappa shape index (κ1) is 18.3. The molecule has 0 heterocycles. The Morgan fingerprint density at radius 3 is 1.17 bits per heavy atom. The van der Waals surface area contributed by atoms with Crippen molar-refractivity contribution in [3.8, 4) is 0 Å². The van der Waals surface area contributed by atoms with Gasteiger partial charge in [0, 0.05) is 11.1 Å². The van der Waals surface area contributed by atoms with Gasteiger partial charge < -0.3 is 11.5 Å². The molecule has 12 heavy (non-hydrogen) atoms. The van der Waals surface area contributed by atoms with Gasteiger partial charge in [-0.3, -0.25) is 0 Å². The molecule has 0 saturated heterocycles. The van der Waals surface area contributed by atoms with Gasteiger partial charge in [-0.2, -0.15) is 0 Å². The van der Waals surface area contributed by atoms with Gasteiger partial charge in [-0.15, -0.1) is 24.8 Å². The maximum Gasteiger partial charge on any atom is 0.0326 e. The van der Waals surface area contributed by atoms with Crippen LogP contribution in [0.2, 0.25) is 0 Å². The van der Waals surface area contributed by atoms with E-state index in [2.05, 4.69) is 13.8 Å². The maximum absolute atomic E-state index is 6.01. The van der Waals surface area contributed by atoms with Crippen molar-refractivity contribution in [2.75, 3.05) is 0 Å². The Bertz CT molecular complexity index is 117. The molecule has 0 aromatic rings. The smallest absolute Gasteiger partial charge is 0.0326 e. The molecule has 1 unspecified atom stereocenters. The first-order valence-corrected chi connectivity index (χ1v) is 3.77. The van der Waals surface area contributed by atoms with Crippen LogP contribution in [0.25, 0.3) is 0 Å². The summed E-state index contributed by atoms with van der Waals surface area (Å²) in [6.45, 7) is 10.1. The Kier molecular flexibility index (Phi) is 8.06. The van der Waals surface area contributed by atoms with Gasteiger partial charge in [0.15, 0.2) is 0 Å². The lowest BCUT2D eigenvalue weighted by Gasteiger charge is -2.41. The molecule has 78 valence electrons. The molecule has 0 radical (unpaired) electrons. The van der Waals surface area contributed by atoms with Crippen LogP contribution in [0.3, 0.4) is 0 Å². The van der Waals surface area contributed by atoms with Crippen molar-refractivity contribution in [2.45, 2.75) is 45.7 Å². The zero-order chi connectivity index (χ0) is 8.58. The van der Waals surface area contributed by atoms with Crippen molar-refractivity contribution in [1.29, 1.82) is 0 Å². The summed E-state index contributed by atoms with van der Waals surface area (Å²) in [6.07, 6.45) is 0. The molecule has 0 saturated carbocycles. The second kappa shape index (κ2) is 5.28. The summed E-state index contributed by atoms with van der Waals surface area (Å²) in [6, 6.07) is 0. The van der Waals surface area contributed by atoms with Crippen LogP contribution in [0.5, 0.6) is 0 Å². The quantitative estimate of drug-likeness (QED) is 0.742. The minimum absolute atomic E-state index is 0. The summed E-state index contributed by atoms with van der Waals surface area (Å²) in [4.78, 5) is 0. The van der Waals surface area contributed by atoms with E-state index in [1.54, 1.807) is 0 Å². The predicted molar refractivity (Wildman–Crippen MR) is 60.2 cm³/mol. The van der Waals surface area contributed by atoms with E-state index in [4.69, 9.17) is 11.5 Å². The molecular formula is C8H22Cl2N2. The van der Waals surface area contributed by atoms with E-state index < -0.39 is 0 Å². The SMILES string of the molecule is CC(C)C(C)(N)C(C)(C)N.Cl.Cl. The third kappa shape index (κ3) is 3.94. The largest absolute Gasteiger partial charge is 0.324 e. The lowest BCUT2D eigenvalue weighted by molar-refractivity contribution is 0.210. The van der Waals surface area contributed by atoms with Crippen molar-refractivity contribution in [2.24, 2.45) is 17.4 Å². The van der Waals surface area contributed by atoms with Gasteiger partial charge in [-0.25, -0.2) is 0 Å². The zero-order valence-electron chi connectivity index (χ0n) is 8.55. The second-order valence-corrected chi connectivity index (χ2v) is 4.16. The predicted octanol–water partition coefficient (Wildman–Crippen LogP) is 1.94. The lowest BCUT2D eigenvalue weighted by atomic mass is 9.75. The molecule has 0 fully saturated rings. The number of rotatable bonds is 2. The van der Waals surface area contributed by atoms with Crippen LogP contribution in [0.15, 0.2) is 0 Å². The van der Waals surface area contributed by atoms with E-state index >= 15 is 0 Å². The normalized spacial score (nSPS) is 16.0. The van der Waals surface area contributed by atoms with Crippen molar-refractivity contribution in [3.05, 3.63) is 0 Å². The third-order valence-corrected chi connectivity index (χ3v) is 2.59. The molecule has 0 aliphatic heterocycles. The molecular weight excluding hydrogens is 195 g/mol. The highest BCUT2D eigenvalue weighted by Gasteiger charge is 2.36. The van der Waals surface area contributed by atoms with Gasteiger partial charge in [0.25, 0.3) is 0 Å². The summed E-state index contributed by atoms with van der Waals surface area (Å²) in [5, 5.41) is 0. The highest BCUT2D eigenvalue weighted by Crippen LogP contribution is 2.23. The fourth-order valence-electron chi connectivity index (χ4n) is 0.744. The van der Waals surface area contributed by atoms with E-state index in [1.807, 2.05) is 20.8 Å². The van der Waals surface area contributed by atoms with Gasteiger partial charge in [0.1, 0.15) is 0 Å². The third-order valence-electron chi connectivity index (χ3n) is 2.59. The van der Waals surface area contributed by atoms with Crippen molar-refractivity contribution in [1.82, 2.24) is 0 Å². The summed E-state index contributed by atoms with van der Waals surface area (Å²) >= 11 is 0. The lowest BCUT2D eigenvalue weighted by Crippen LogP contribution is -2.63. The van der Waals surface area contributed by atoms with Crippen molar-refractivity contribution >= 4 is 24.8 Å². The zero-order valence-corrected chi connectivity index (χ0v) is 10.2. The first-order valence-electron chi connectivity index (χ1n) is 3.77. The van der Waals surface area contributed by atoms with Crippen molar-refractivity contribution < 1.29 is 0 Å². The molecule has 0 aliphatic rings. The van der Waals surface area contributed by atoms with Crippen LogP contribution in [-0.4, -0.2) is 11.1 Å². The average molecular weight is 217 g/mol. The standard InChI is InChI=1S/C8H20N2.2ClH/c1-6(2)8(5,10)7(3,4)9;;/h6H,9-10H2,1-5H3;2*1H. The fraction of sp³-hybridized carbons (Fsp3) is 1.00. The molecule has 0 spiro atoms. The van der Waals surface area contributed by atoms with E-state index in [9.17, 15) is 0 Å². The molecule has 0 rings (SSSR count). The van der Waals surface area contributed by atoms with Crippen LogP contribution in [-0.2, 0) is 0 Å². The summed E-state index contributed by atoms with van der Waals surface area (Å²) < 4.78 is 0. The number of halogens is 2.